The van der Waals surface area contributed by atoms with E-state index < -0.39 is 0 Å². The highest BCUT2D eigenvalue weighted by molar-refractivity contribution is 5.97. The van der Waals surface area contributed by atoms with E-state index >= 15 is 0 Å². The maximum atomic E-state index is 9.01. The van der Waals surface area contributed by atoms with Crippen LogP contribution in [0.5, 0.6) is 5.75 Å². The molecule has 0 aliphatic heterocycles. The van der Waals surface area contributed by atoms with Crippen molar-refractivity contribution in [1.29, 1.82) is 5.26 Å². The van der Waals surface area contributed by atoms with Gasteiger partial charge in [-0.3, -0.25) is 10.1 Å². The number of ether oxygens (including phenoxy) is 1. The lowest BCUT2D eigenvalue weighted by atomic mass is 9.98. The highest BCUT2D eigenvalue weighted by Gasteiger charge is 2.25. The normalized spacial score (nSPS) is 17.6. The Balaban J connectivity index is 1.67. The molecule has 0 saturated heterocycles. The smallest absolute Gasteiger partial charge is 0.181 e. The summed E-state index contributed by atoms with van der Waals surface area (Å²) < 4.78 is 11.6. The molecule has 1 aromatic carbocycles. The molecule has 0 bridgehead atoms. The van der Waals surface area contributed by atoms with Gasteiger partial charge in [0.1, 0.15) is 35.0 Å². The van der Waals surface area contributed by atoms with Crippen molar-refractivity contribution in [2.45, 2.75) is 32.3 Å². The molecule has 8 nitrogen and oxygen atoms in total. The molecule has 1 aliphatic rings. The van der Waals surface area contributed by atoms with Crippen molar-refractivity contribution >= 4 is 23.3 Å². The molecular weight excluding hydrogens is 356 g/mol. The number of H-pyrrole nitrogens is 1. The van der Waals surface area contributed by atoms with Crippen LogP contribution in [0.15, 0.2) is 56.6 Å². The monoisotopic (exact) mass is 374 g/mol. The molecule has 3 aromatic rings. The third kappa shape index (κ3) is 3.30. The number of nitrogens with one attached hydrogen (secondary N) is 1. The lowest BCUT2D eigenvalue weighted by Gasteiger charge is -2.25. The molecule has 0 fully saturated rings. The molecule has 28 heavy (non-hydrogen) atoms. The van der Waals surface area contributed by atoms with Crippen molar-refractivity contribution in [3.8, 4) is 23.3 Å². The summed E-state index contributed by atoms with van der Waals surface area (Å²) in [5.74, 6) is 1.26. The number of hydrogen-bond acceptors (Lipinski definition) is 7. The van der Waals surface area contributed by atoms with Crippen LogP contribution >= 0.6 is 0 Å². The Hall–Kier alpha value is -3.73. The van der Waals surface area contributed by atoms with Gasteiger partial charge in [0.2, 0.25) is 0 Å². The van der Waals surface area contributed by atoms with Gasteiger partial charge in [-0.25, -0.2) is 9.98 Å². The van der Waals surface area contributed by atoms with Crippen molar-refractivity contribution in [3.05, 3.63) is 42.2 Å². The van der Waals surface area contributed by atoms with Crippen LogP contribution in [-0.4, -0.2) is 33.7 Å². The van der Waals surface area contributed by atoms with E-state index in [0.29, 0.717) is 28.6 Å². The van der Waals surface area contributed by atoms with Crippen LogP contribution in [0, 0.1) is 11.3 Å². The van der Waals surface area contributed by atoms with Gasteiger partial charge in [-0.15, -0.1) is 0 Å². The van der Waals surface area contributed by atoms with Gasteiger partial charge in [-0.1, -0.05) is 0 Å². The predicted octanol–water partition coefficient (Wildman–Crippen LogP) is 4.05. The second-order valence-corrected chi connectivity index (χ2v) is 6.44. The standard InChI is InChI=1S/C20H18N6O2/c1-12(9-21)24-16-4-3-5-17(20(16)22-2)28-13-6-7-15-14(8-13)19(26-25-15)18-10-23-11-27-18/h6-8,10-11,17H,2-5H2,1H3,(H,25,26)/t17-/m1/s1. The number of aromatic amines is 1. The molecular formula is C20H18N6O2. The number of oxazole rings is 1. The number of benzene rings is 1. The topological polar surface area (TPSA) is 112 Å². The van der Waals surface area contributed by atoms with Gasteiger partial charge in [-0.05, 0) is 51.1 Å². The summed E-state index contributed by atoms with van der Waals surface area (Å²) in [6.07, 6.45) is 5.18. The zero-order valence-corrected chi connectivity index (χ0v) is 15.3. The minimum atomic E-state index is -0.269. The molecule has 4 rings (SSSR count). The number of hydrogen-bond donors (Lipinski definition) is 1. The summed E-state index contributed by atoms with van der Waals surface area (Å²) in [7, 11) is 0. The highest BCUT2D eigenvalue weighted by atomic mass is 16.5. The Morgan fingerprint density at radius 1 is 1.46 bits per heavy atom. The molecule has 1 atom stereocenters. The first-order chi connectivity index (χ1) is 13.7. The summed E-state index contributed by atoms with van der Waals surface area (Å²) >= 11 is 0. The maximum absolute atomic E-state index is 9.01. The van der Waals surface area contributed by atoms with Gasteiger partial charge in [0, 0.05) is 5.39 Å². The van der Waals surface area contributed by atoms with Gasteiger partial charge >= 0.3 is 0 Å². The zero-order chi connectivity index (χ0) is 19.5. The number of aromatic nitrogens is 3. The van der Waals surface area contributed by atoms with Gasteiger partial charge in [0.15, 0.2) is 12.2 Å². The number of nitrogens with zero attached hydrogens (tertiary/aromatic N) is 5. The Morgan fingerprint density at radius 3 is 3.11 bits per heavy atom. The number of fused-ring (bicyclic) bond motifs is 1. The first kappa shape index (κ1) is 17.7. The zero-order valence-electron chi connectivity index (χ0n) is 15.3. The van der Waals surface area contributed by atoms with Crippen LogP contribution in [0.25, 0.3) is 22.4 Å². The molecule has 0 spiro atoms. The summed E-state index contributed by atoms with van der Waals surface area (Å²) in [5.41, 5.74) is 3.39. The quantitative estimate of drug-likeness (QED) is 0.677. The SMILES string of the molecule is C=NC1=C(N=C(C)C#N)CCC[C@H]1Oc1ccc2[nH]nc(-c3cnco3)c2c1. The van der Waals surface area contributed by atoms with E-state index in [4.69, 9.17) is 14.4 Å². The number of aliphatic imine (C=N–C) groups is 2. The largest absolute Gasteiger partial charge is 0.484 e. The highest BCUT2D eigenvalue weighted by Crippen LogP contribution is 2.33. The van der Waals surface area contributed by atoms with Crippen LogP contribution in [0.3, 0.4) is 0 Å². The lowest BCUT2D eigenvalue weighted by Crippen LogP contribution is -2.23. The number of allylic oxidation sites excluding steroid dienone is 1. The first-order valence-corrected chi connectivity index (χ1v) is 8.88. The van der Waals surface area contributed by atoms with E-state index in [2.05, 4.69) is 31.9 Å². The third-order valence-electron chi connectivity index (χ3n) is 4.59. The summed E-state index contributed by atoms with van der Waals surface area (Å²) in [6.45, 7) is 5.35. The van der Waals surface area contributed by atoms with E-state index in [0.717, 1.165) is 35.9 Å². The fraction of sp³-hybridized carbons (Fsp3) is 0.250. The van der Waals surface area contributed by atoms with Crippen LogP contribution < -0.4 is 4.74 Å². The maximum Gasteiger partial charge on any atom is 0.181 e. The molecule has 0 radical (unpaired) electrons. The van der Waals surface area contributed by atoms with E-state index in [1.807, 2.05) is 24.3 Å². The molecule has 0 saturated carbocycles. The van der Waals surface area contributed by atoms with Crippen molar-refractivity contribution in [2.24, 2.45) is 9.98 Å². The molecule has 140 valence electrons. The predicted molar refractivity (Wildman–Crippen MR) is 105 cm³/mol. The minimum absolute atomic E-state index is 0.269. The summed E-state index contributed by atoms with van der Waals surface area (Å²) in [4.78, 5) is 12.5. The van der Waals surface area contributed by atoms with Crippen LogP contribution in [0.2, 0.25) is 0 Å². The number of rotatable bonds is 5. The van der Waals surface area contributed by atoms with E-state index in [1.165, 1.54) is 6.39 Å². The van der Waals surface area contributed by atoms with Crippen molar-refractivity contribution < 1.29 is 9.15 Å². The second-order valence-electron chi connectivity index (χ2n) is 6.44. The Kier molecular flexibility index (Phi) is 4.72. The van der Waals surface area contributed by atoms with Crippen molar-refractivity contribution in [2.75, 3.05) is 0 Å². The summed E-state index contributed by atoms with van der Waals surface area (Å²) in [5, 5.41) is 17.2. The lowest BCUT2D eigenvalue weighted by molar-refractivity contribution is 0.213. The minimum Gasteiger partial charge on any atom is -0.484 e. The molecule has 1 N–H and O–H groups in total. The summed E-state index contributed by atoms with van der Waals surface area (Å²) in [6, 6.07) is 7.74. The molecule has 0 amide bonds. The van der Waals surface area contributed by atoms with Gasteiger partial charge < -0.3 is 9.15 Å². The average Bonchev–Trinajstić information content (AvgIpc) is 3.37. The van der Waals surface area contributed by atoms with Crippen LogP contribution in [0.4, 0.5) is 0 Å². The first-order valence-electron chi connectivity index (χ1n) is 8.88. The van der Waals surface area contributed by atoms with Crippen LogP contribution in [-0.2, 0) is 0 Å². The van der Waals surface area contributed by atoms with Crippen LogP contribution in [0.1, 0.15) is 26.2 Å². The van der Waals surface area contributed by atoms with Crippen molar-refractivity contribution in [3.63, 3.8) is 0 Å². The fourth-order valence-electron chi connectivity index (χ4n) is 3.31. The van der Waals surface area contributed by atoms with E-state index in [1.54, 1.807) is 13.1 Å². The fourth-order valence-corrected chi connectivity index (χ4v) is 3.31. The molecule has 1 aliphatic carbocycles. The average molecular weight is 374 g/mol. The van der Waals surface area contributed by atoms with Gasteiger partial charge in [0.25, 0.3) is 0 Å². The Morgan fingerprint density at radius 2 is 2.36 bits per heavy atom. The van der Waals surface area contributed by atoms with E-state index in [9.17, 15) is 0 Å². The van der Waals surface area contributed by atoms with Gasteiger partial charge in [-0.2, -0.15) is 10.4 Å². The third-order valence-corrected chi connectivity index (χ3v) is 4.59. The second kappa shape index (κ2) is 7.48. The molecule has 2 aromatic heterocycles. The molecule has 0 unspecified atom stereocenters. The molecule has 2 heterocycles. The molecule has 8 heteroatoms. The van der Waals surface area contributed by atoms with E-state index in [-0.39, 0.29) is 6.10 Å². The number of nitriles is 1. The van der Waals surface area contributed by atoms with Gasteiger partial charge in [0.05, 0.1) is 17.4 Å². The Bertz CT molecular complexity index is 1120. The van der Waals surface area contributed by atoms with Crippen molar-refractivity contribution in [1.82, 2.24) is 15.2 Å². The Labute approximate surface area is 161 Å².